The number of hydrogen-bond acceptors (Lipinski definition) is 4. The summed E-state index contributed by atoms with van der Waals surface area (Å²) in [5.74, 6) is -0.0300. The Hall–Kier alpha value is -3.16. The van der Waals surface area contributed by atoms with E-state index in [1.165, 1.54) is 4.31 Å². The number of carbonyl (C=O) groups is 1. The van der Waals surface area contributed by atoms with Gasteiger partial charge in [-0.05, 0) is 47.4 Å². The van der Waals surface area contributed by atoms with Gasteiger partial charge in [0, 0.05) is 18.7 Å². The molecule has 0 aromatic heterocycles. The van der Waals surface area contributed by atoms with Crippen molar-refractivity contribution < 1.29 is 17.9 Å². The first-order chi connectivity index (χ1) is 15.5. The Morgan fingerprint density at radius 1 is 0.875 bits per heavy atom. The van der Waals surface area contributed by atoms with E-state index >= 15 is 0 Å². The van der Waals surface area contributed by atoms with E-state index in [2.05, 4.69) is 5.32 Å². The van der Waals surface area contributed by atoms with Gasteiger partial charge in [0.15, 0.2) is 0 Å². The molecule has 166 valence electrons. The van der Waals surface area contributed by atoms with Crippen molar-refractivity contribution in [1.82, 2.24) is 5.32 Å². The lowest BCUT2D eigenvalue weighted by Crippen LogP contribution is -2.25. The summed E-state index contributed by atoms with van der Waals surface area (Å²) in [4.78, 5) is 12.5. The minimum atomic E-state index is -3.22. The van der Waals surface area contributed by atoms with E-state index in [9.17, 15) is 13.2 Å². The van der Waals surface area contributed by atoms with Crippen LogP contribution in [0.5, 0.6) is 0 Å². The fourth-order valence-corrected chi connectivity index (χ4v) is 5.25. The predicted molar refractivity (Wildman–Crippen MR) is 125 cm³/mol. The van der Waals surface area contributed by atoms with Crippen LogP contribution in [0.15, 0.2) is 78.9 Å². The van der Waals surface area contributed by atoms with Gasteiger partial charge in [0.1, 0.15) is 0 Å². The molecule has 3 aromatic carbocycles. The van der Waals surface area contributed by atoms with Crippen LogP contribution in [0.25, 0.3) is 0 Å². The van der Waals surface area contributed by atoms with Gasteiger partial charge >= 0.3 is 0 Å². The van der Waals surface area contributed by atoms with Crippen molar-refractivity contribution in [3.8, 4) is 0 Å². The minimum Gasteiger partial charge on any atom is -0.372 e. The molecule has 0 radical (unpaired) electrons. The average molecular weight is 451 g/mol. The van der Waals surface area contributed by atoms with Gasteiger partial charge in [0.05, 0.1) is 24.7 Å². The standard InChI is InChI=1S/C25H26N2O4S/c28-25(23-10-12-24(13-11-23)27-14-5-15-32(27,29)30)26-17-21-8-4-9-22(16-21)19-31-18-20-6-2-1-3-7-20/h1-4,6-13,16H,5,14-15,17-19H2,(H,26,28). The Morgan fingerprint density at radius 3 is 2.28 bits per heavy atom. The third-order valence-electron chi connectivity index (χ3n) is 5.34. The molecular formula is C25H26N2O4S. The monoisotopic (exact) mass is 450 g/mol. The van der Waals surface area contributed by atoms with E-state index in [0.29, 0.717) is 44.0 Å². The molecule has 0 aliphatic carbocycles. The number of nitrogens with one attached hydrogen (secondary N) is 1. The van der Waals surface area contributed by atoms with Crippen LogP contribution in [-0.2, 0) is 34.5 Å². The molecule has 32 heavy (non-hydrogen) atoms. The molecule has 4 rings (SSSR count). The zero-order chi connectivity index (χ0) is 22.4. The highest BCUT2D eigenvalue weighted by atomic mass is 32.2. The van der Waals surface area contributed by atoms with Crippen molar-refractivity contribution in [2.75, 3.05) is 16.6 Å². The summed E-state index contributed by atoms with van der Waals surface area (Å²) in [5, 5.41) is 2.92. The van der Waals surface area contributed by atoms with Crippen LogP contribution in [0.1, 0.15) is 33.5 Å². The fourth-order valence-electron chi connectivity index (χ4n) is 3.68. The molecule has 1 aliphatic rings. The lowest BCUT2D eigenvalue weighted by atomic mass is 10.1. The van der Waals surface area contributed by atoms with Crippen LogP contribution in [0.2, 0.25) is 0 Å². The molecule has 0 unspecified atom stereocenters. The quantitative estimate of drug-likeness (QED) is 0.565. The molecule has 7 heteroatoms. The summed E-state index contributed by atoms with van der Waals surface area (Å²) in [6.45, 7) is 1.93. The highest BCUT2D eigenvalue weighted by Crippen LogP contribution is 2.24. The van der Waals surface area contributed by atoms with Crippen LogP contribution < -0.4 is 9.62 Å². The van der Waals surface area contributed by atoms with Crippen molar-refractivity contribution in [2.24, 2.45) is 0 Å². The van der Waals surface area contributed by atoms with Gasteiger partial charge in [-0.25, -0.2) is 8.42 Å². The van der Waals surface area contributed by atoms with Gasteiger partial charge in [-0.2, -0.15) is 0 Å². The largest absolute Gasteiger partial charge is 0.372 e. The van der Waals surface area contributed by atoms with Gasteiger partial charge < -0.3 is 10.1 Å². The van der Waals surface area contributed by atoms with Crippen molar-refractivity contribution in [3.05, 3.63) is 101 Å². The molecule has 1 heterocycles. The van der Waals surface area contributed by atoms with Crippen LogP contribution in [0, 0.1) is 0 Å². The second kappa shape index (κ2) is 9.97. The summed E-state index contributed by atoms with van der Waals surface area (Å²) in [6.07, 6.45) is 0.626. The molecule has 1 aliphatic heterocycles. The number of amides is 1. The Labute approximate surface area is 188 Å². The molecule has 3 aromatic rings. The maximum atomic E-state index is 12.5. The topological polar surface area (TPSA) is 75.7 Å². The van der Waals surface area contributed by atoms with Crippen LogP contribution >= 0.6 is 0 Å². The first-order valence-electron chi connectivity index (χ1n) is 10.6. The molecule has 1 saturated heterocycles. The van der Waals surface area contributed by atoms with Crippen molar-refractivity contribution >= 4 is 21.6 Å². The summed E-state index contributed by atoms with van der Waals surface area (Å²) >= 11 is 0. The first kappa shape index (κ1) is 22.0. The molecule has 0 bridgehead atoms. The third-order valence-corrected chi connectivity index (χ3v) is 7.21. The predicted octanol–water partition coefficient (Wildman–Crippen LogP) is 3.87. The van der Waals surface area contributed by atoms with E-state index in [1.807, 2.05) is 54.6 Å². The number of rotatable bonds is 8. The maximum absolute atomic E-state index is 12.5. The number of ether oxygens (including phenoxy) is 1. The average Bonchev–Trinajstić information content (AvgIpc) is 3.17. The molecule has 1 fully saturated rings. The smallest absolute Gasteiger partial charge is 0.251 e. The molecular weight excluding hydrogens is 424 g/mol. The zero-order valence-electron chi connectivity index (χ0n) is 17.7. The Bertz CT molecular complexity index is 1160. The zero-order valence-corrected chi connectivity index (χ0v) is 18.6. The fraction of sp³-hybridized carbons (Fsp3) is 0.240. The minimum absolute atomic E-state index is 0.172. The van der Waals surface area contributed by atoms with Gasteiger partial charge in [-0.15, -0.1) is 0 Å². The second-order valence-electron chi connectivity index (χ2n) is 7.77. The summed E-state index contributed by atoms with van der Waals surface area (Å²) in [7, 11) is -3.22. The Morgan fingerprint density at radius 2 is 1.56 bits per heavy atom. The van der Waals surface area contributed by atoms with E-state index in [0.717, 1.165) is 16.7 Å². The highest BCUT2D eigenvalue weighted by Gasteiger charge is 2.28. The SMILES string of the molecule is O=C(NCc1cccc(COCc2ccccc2)c1)c1ccc(N2CCCS2(=O)=O)cc1. The molecule has 0 spiro atoms. The number of nitrogens with zero attached hydrogens (tertiary/aromatic N) is 1. The molecule has 1 amide bonds. The van der Waals surface area contributed by atoms with Gasteiger partial charge in [0.25, 0.3) is 5.91 Å². The molecule has 0 saturated carbocycles. The van der Waals surface area contributed by atoms with E-state index in [-0.39, 0.29) is 11.7 Å². The van der Waals surface area contributed by atoms with Crippen molar-refractivity contribution in [1.29, 1.82) is 0 Å². The van der Waals surface area contributed by atoms with E-state index in [4.69, 9.17) is 4.74 Å². The van der Waals surface area contributed by atoms with Gasteiger partial charge in [-0.1, -0.05) is 54.6 Å². The first-order valence-corrected chi connectivity index (χ1v) is 12.2. The Balaban J connectivity index is 1.29. The summed E-state index contributed by atoms with van der Waals surface area (Å²) < 4.78 is 31.3. The van der Waals surface area contributed by atoms with Gasteiger partial charge in [-0.3, -0.25) is 9.10 Å². The maximum Gasteiger partial charge on any atom is 0.251 e. The molecule has 0 atom stereocenters. The molecule has 1 N–H and O–H groups in total. The van der Waals surface area contributed by atoms with Crippen molar-refractivity contribution in [3.63, 3.8) is 0 Å². The number of anilines is 1. The third kappa shape index (κ3) is 5.55. The molecule has 6 nitrogen and oxygen atoms in total. The number of sulfonamides is 1. The normalized spacial score (nSPS) is 14.9. The van der Waals surface area contributed by atoms with Crippen LogP contribution in [-0.4, -0.2) is 26.6 Å². The number of carbonyl (C=O) groups excluding carboxylic acids is 1. The Kier molecular flexibility index (Phi) is 6.87. The number of hydrogen-bond donors (Lipinski definition) is 1. The van der Waals surface area contributed by atoms with Crippen LogP contribution in [0.3, 0.4) is 0 Å². The lowest BCUT2D eigenvalue weighted by molar-refractivity contribution is 0.0951. The summed E-state index contributed by atoms with van der Waals surface area (Å²) in [5.41, 5.74) is 4.25. The van der Waals surface area contributed by atoms with Gasteiger partial charge in [0.2, 0.25) is 10.0 Å². The van der Waals surface area contributed by atoms with Crippen molar-refractivity contribution in [2.45, 2.75) is 26.2 Å². The highest BCUT2D eigenvalue weighted by molar-refractivity contribution is 7.93. The second-order valence-corrected chi connectivity index (χ2v) is 9.78. The summed E-state index contributed by atoms with van der Waals surface area (Å²) in [6, 6.07) is 24.6. The number of benzene rings is 3. The lowest BCUT2D eigenvalue weighted by Gasteiger charge is -2.17. The van der Waals surface area contributed by atoms with E-state index < -0.39 is 10.0 Å². The van der Waals surface area contributed by atoms with Crippen LogP contribution in [0.4, 0.5) is 5.69 Å². The van der Waals surface area contributed by atoms with E-state index in [1.54, 1.807) is 24.3 Å².